The normalized spacial score (nSPS) is 15.2. The van der Waals surface area contributed by atoms with Gasteiger partial charge in [-0.3, -0.25) is 29.3 Å². The van der Waals surface area contributed by atoms with Crippen LogP contribution in [-0.2, 0) is 33.4 Å². The monoisotopic (exact) mass is 704 g/mol. The number of hydrogen-bond acceptors (Lipinski definition) is 9. The van der Waals surface area contributed by atoms with Crippen LogP contribution in [0.5, 0.6) is 0 Å². The van der Waals surface area contributed by atoms with E-state index in [0.717, 1.165) is 6.07 Å². The first kappa shape index (κ1) is 46.5. The molecular formula is C29H36BF6N2NaO9. The van der Waals surface area contributed by atoms with Gasteiger partial charge in [0, 0.05) is 34.6 Å². The van der Waals surface area contributed by atoms with Crippen LogP contribution in [0.15, 0.2) is 24.3 Å². The Labute approximate surface area is 296 Å². The minimum absolute atomic E-state index is 0. The summed E-state index contributed by atoms with van der Waals surface area (Å²) >= 11 is 0. The summed E-state index contributed by atoms with van der Waals surface area (Å²) in [6.45, 7) is 2.76. The van der Waals surface area contributed by atoms with Crippen molar-refractivity contribution in [2.45, 2.75) is 40.0 Å². The van der Waals surface area contributed by atoms with Gasteiger partial charge in [-0.05, 0) is 39.0 Å². The molecule has 0 aromatic heterocycles. The molecule has 48 heavy (non-hydrogen) atoms. The second-order valence-electron chi connectivity index (χ2n) is 9.23. The number of nitrogens with zero attached hydrogens (tertiary/aromatic N) is 1. The summed E-state index contributed by atoms with van der Waals surface area (Å²) < 4.78 is 95.9. The molecule has 1 heterocycles. The third-order valence-electron chi connectivity index (χ3n) is 6.42. The Balaban J connectivity index is 0. The van der Waals surface area contributed by atoms with E-state index in [9.17, 15) is 55.6 Å². The summed E-state index contributed by atoms with van der Waals surface area (Å²) in [6.07, 6.45) is 0. The van der Waals surface area contributed by atoms with Crippen molar-refractivity contribution in [3.05, 3.63) is 80.4 Å². The maximum absolute atomic E-state index is 14.1. The predicted molar refractivity (Wildman–Crippen MR) is 158 cm³/mol. The fraction of sp³-hybridized carbons (Fsp3) is 0.448. The molecule has 0 saturated carbocycles. The predicted octanol–water partition coefficient (Wildman–Crippen LogP) is -0.108. The van der Waals surface area contributed by atoms with Crippen molar-refractivity contribution in [1.29, 1.82) is 0 Å². The van der Waals surface area contributed by atoms with Crippen LogP contribution in [0, 0.1) is 56.9 Å². The minimum Gasteiger partial charge on any atom is -0.465 e. The van der Waals surface area contributed by atoms with E-state index in [-0.39, 0.29) is 77.3 Å². The molecule has 2 aromatic carbocycles. The largest absolute Gasteiger partial charge is 1.00 e. The first-order chi connectivity index (χ1) is 21.2. The van der Waals surface area contributed by atoms with Gasteiger partial charge in [-0.15, -0.1) is 0 Å². The Morgan fingerprint density at radius 3 is 1.92 bits per heavy atom. The van der Waals surface area contributed by atoms with E-state index in [4.69, 9.17) is 4.74 Å². The SMILES string of the molecule is C.CCOC(=O)C(C(=O)OCC)[C@@H](C[N+](=O)[O-])c1c(F)ccc(F)c1F.CCOC(=O)C1C(=O)NC[C@H]1c1cc(F)cc(F)c1F.[BH4-].[Na+]. The van der Waals surface area contributed by atoms with Crippen LogP contribution in [0.25, 0.3) is 0 Å². The molecule has 262 valence electrons. The first-order valence-electron chi connectivity index (χ1n) is 13.4. The zero-order chi connectivity index (χ0) is 34.0. The Hall–Kier alpha value is -3.64. The van der Waals surface area contributed by atoms with Crippen molar-refractivity contribution >= 4 is 32.2 Å². The molecule has 1 amide bonds. The van der Waals surface area contributed by atoms with Gasteiger partial charge >= 0.3 is 47.5 Å². The van der Waals surface area contributed by atoms with Crippen LogP contribution < -0.4 is 34.9 Å². The van der Waals surface area contributed by atoms with Crippen LogP contribution in [0.3, 0.4) is 0 Å². The summed E-state index contributed by atoms with van der Waals surface area (Å²) in [5.74, 6) is -18.4. The van der Waals surface area contributed by atoms with Gasteiger partial charge in [-0.2, -0.15) is 0 Å². The topological polar surface area (TPSA) is 151 Å². The molecule has 1 saturated heterocycles. The quantitative estimate of drug-likeness (QED) is 0.0494. The zero-order valence-electron chi connectivity index (χ0n) is 25.0. The van der Waals surface area contributed by atoms with Gasteiger partial charge in [0.2, 0.25) is 12.5 Å². The van der Waals surface area contributed by atoms with E-state index in [1.54, 1.807) is 6.92 Å². The summed E-state index contributed by atoms with van der Waals surface area (Å²) in [5.41, 5.74) is -1.43. The average molecular weight is 704 g/mol. The molecule has 0 radical (unpaired) electrons. The smallest absolute Gasteiger partial charge is 0.465 e. The first-order valence-corrected chi connectivity index (χ1v) is 13.4. The van der Waals surface area contributed by atoms with Gasteiger partial charge in [0.25, 0.3) is 0 Å². The zero-order valence-corrected chi connectivity index (χ0v) is 27.0. The van der Waals surface area contributed by atoms with Crippen LogP contribution in [0.2, 0.25) is 0 Å². The van der Waals surface area contributed by atoms with Gasteiger partial charge in [0.1, 0.15) is 17.6 Å². The van der Waals surface area contributed by atoms with E-state index in [1.165, 1.54) is 13.8 Å². The van der Waals surface area contributed by atoms with Gasteiger partial charge in [0.05, 0.1) is 25.7 Å². The summed E-state index contributed by atoms with van der Waals surface area (Å²) in [4.78, 5) is 57.5. The number of benzene rings is 2. The Bertz CT molecular complexity index is 1440. The van der Waals surface area contributed by atoms with Crippen LogP contribution in [-0.4, -0.2) is 70.1 Å². The van der Waals surface area contributed by atoms with Crippen LogP contribution >= 0.6 is 0 Å². The number of nitro groups is 1. The van der Waals surface area contributed by atoms with Crippen molar-refractivity contribution in [1.82, 2.24) is 5.32 Å². The third-order valence-corrected chi connectivity index (χ3v) is 6.42. The minimum atomic E-state index is -2.02. The second kappa shape index (κ2) is 21.4. The third kappa shape index (κ3) is 11.5. The van der Waals surface area contributed by atoms with E-state index in [2.05, 4.69) is 14.8 Å². The van der Waals surface area contributed by atoms with Crippen molar-refractivity contribution in [3.63, 3.8) is 0 Å². The molecule has 1 aliphatic rings. The van der Waals surface area contributed by atoms with E-state index >= 15 is 0 Å². The van der Waals surface area contributed by atoms with Crippen molar-refractivity contribution < 1.29 is 94.2 Å². The summed E-state index contributed by atoms with van der Waals surface area (Å²) in [6, 6.07) is 2.23. The van der Waals surface area contributed by atoms with Crippen LogP contribution in [0.1, 0.15) is 51.2 Å². The van der Waals surface area contributed by atoms with Crippen molar-refractivity contribution in [2.24, 2.45) is 11.8 Å². The van der Waals surface area contributed by atoms with Gasteiger partial charge < -0.3 is 19.5 Å². The fourth-order valence-electron chi connectivity index (χ4n) is 4.56. The number of carbonyl (C=O) groups is 4. The molecule has 0 spiro atoms. The Kier molecular flexibility index (Phi) is 20.7. The maximum Gasteiger partial charge on any atom is 1.00 e. The molecule has 2 aromatic rings. The molecule has 3 atom stereocenters. The van der Waals surface area contributed by atoms with Crippen LogP contribution in [0.4, 0.5) is 26.3 Å². The van der Waals surface area contributed by atoms with Crippen molar-refractivity contribution in [2.75, 3.05) is 32.9 Å². The molecule has 0 aliphatic carbocycles. The molecule has 1 N–H and O–H groups in total. The van der Waals surface area contributed by atoms with E-state index in [1.807, 2.05) is 0 Å². The summed E-state index contributed by atoms with van der Waals surface area (Å²) in [7, 11) is 0. The molecule has 1 unspecified atom stereocenters. The fourth-order valence-corrected chi connectivity index (χ4v) is 4.56. The van der Waals surface area contributed by atoms with E-state index < -0.39 is 99.4 Å². The molecule has 1 fully saturated rings. The summed E-state index contributed by atoms with van der Waals surface area (Å²) in [5, 5.41) is 13.3. The number of carbonyl (C=O) groups excluding carboxylic acids is 4. The number of esters is 3. The Morgan fingerprint density at radius 1 is 0.896 bits per heavy atom. The number of amides is 1. The van der Waals surface area contributed by atoms with Crippen molar-refractivity contribution in [3.8, 4) is 0 Å². The number of rotatable bonds is 11. The average Bonchev–Trinajstić information content (AvgIpc) is 3.34. The molecular weight excluding hydrogens is 668 g/mol. The number of hydrogen-bond donors (Lipinski definition) is 1. The standard InChI is InChI=1S/C15H16F3NO6.C13H12F3NO3.CH4.BH4.Na/c1-3-24-14(20)12(15(21)25-4-2)8(7-19(22)23)11-9(16)5-6-10(17)13(11)18;1-2-20-13(19)10-8(5-17-12(10)18)7-3-6(14)4-9(15)11(7)16;;;/h5-6,8,12H,3-4,7H2,1-2H3;3-4,8,10H,2,5H2,1H3,(H,17,18);2*1H4;/q;;;-1;+1/t8-;8-,10?;;;/m00.../s1. The molecule has 11 nitrogen and oxygen atoms in total. The second-order valence-corrected chi connectivity index (χ2v) is 9.23. The van der Waals surface area contributed by atoms with Gasteiger partial charge in [0.15, 0.2) is 29.2 Å². The van der Waals surface area contributed by atoms with Gasteiger partial charge in [-0.1, -0.05) is 15.8 Å². The van der Waals surface area contributed by atoms with Gasteiger partial charge in [-0.25, -0.2) is 26.3 Å². The molecule has 19 heteroatoms. The number of nitrogens with one attached hydrogen (secondary N) is 1. The molecule has 1 aliphatic heterocycles. The van der Waals surface area contributed by atoms with E-state index in [0.29, 0.717) is 18.2 Å². The molecule has 3 rings (SSSR count). The number of halogens is 6. The molecule has 0 bridgehead atoms. The Morgan fingerprint density at radius 2 is 1.42 bits per heavy atom. The number of ether oxygens (including phenoxy) is 3. The maximum atomic E-state index is 14.1.